The van der Waals surface area contributed by atoms with E-state index in [1.807, 2.05) is 0 Å². The molecule has 3 aromatic rings. The van der Waals surface area contributed by atoms with Crippen molar-refractivity contribution < 1.29 is 14.0 Å². The minimum absolute atomic E-state index is 0.0819. The van der Waals surface area contributed by atoms with Gasteiger partial charge in [-0.3, -0.25) is 14.4 Å². The van der Waals surface area contributed by atoms with Gasteiger partial charge < -0.3 is 15.1 Å². The summed E-state index contributed by atoms with van der Waals surface area (Å²) in [7, 11) is 0. The van der Waals surface area contributed by atoms with Crippen molar-refractivity contribution in [2.24, 2.45) is 0 Å². The SMILES string of the molecule is CC(=O)Nc1ccc(NC(=O)c2cc(=O)c3ccc(Br)cc3o2)cc1. The Bertz CT molecular complexity index is 1030. The quantitative estimate of drug-likeness (QED) is 0.700. The third-order valence-corrected chi connectivity index (χ3v) is 3.87. The van der Waals surface area contributed by atoms with Crippen LogP contribution >= 0.6 is 15.9 Å². The summed E-state index contributed by atoms with van der Waals surface area (Å²) in [6, 6.07) is 12.8. The van der Waals surface area contributed by atoms with Crippen LogP contribution in [0.2, 0.25) is 0 Å². The average Bonchev–Trinajstić information content (AvgIpc) is 2.55. The van der Waals surface area contributed by atoms with Crippen molar-refractivity contribution in [2.45, 2.75) is 6.92 Å². The molecule has 0 unspecified atom stereocenters. The first-order chi connectivity index (χ1) is 11.9. The second-order valence-corrected chi connectivity index (χ2v) is 6.24. The first-order valence-corrected chi connectivity index (χ1v) is 8.14. The predicted octanol–water partition coefficient (Wildman–Crippen LogP) is 3.77. The maximum absolute atomic E-state index is 12.3. The number of nitrogens with one attached hydrogen (secondary N) is 2. The summed E-state index contributed by atoms with van der Waals surface area (Å²) in [5, 5.41) is 5.69. The van der Waals surface area contributed by atoms with Crippen molar-refractivity contribution >= 4 is 50.1 Å². The Morgan fingerprint density at radius 1 is 0.960 bits per heavy atom. The summed E-state index contributed by atoms with van der Waals surface area (Å²) >= 11 is 3.30. The van der Waals surface area contributed by atoms with Gasteiger partial charge in [-0.2, -0.15) is 0 Å². The van der Waals surface area contributed by atoms with E-state index in [4.69, 9.17) is 4.42 Å². The number of hydrogen-bond donors (Lipinski definition) is 2. The zero-order valence-corrected chi connectivity index (χ0v) is 14.7. The number of hydrogen-bond acceptors (Lipinski definition) is 4. The van der Waals surface area contributed by atoms with Crippen LogP contribution in [0.1, 0.15) is 17.5 Å². The van der Waals surface area contributed by atoms with E-state index in [9.17, 15) is 14.4 Å². The highest BCUT2D eigenvalue weighted by Crippen LogP contribution is 2.19. The van der Waals surface area contributed by atoms with Gasteiger partial charge in [0.2, 0.25) is 5.91 Å². The van der Waals surface area contributed by atoms with Gasteiger partial charge in [0.05, 0.1) is 5.39 Å². The minimum atomic E-state index is -0.536. The van der Waals surface area contributed by atoms with E-state index < -0.39 is 5.91 Å². The van der Waals surface area contributed by atoms with Crippen LogP contribution in [-0.4, -0.2) is 11.8 Å². The van der Waals surface area contributed by atoms with Crippen LogP contribution in [0.5, 0.6) is 0 Å². The maximum Gasteiger partial charge on any atom is 0.291 e. The molecular formula is C18H13BrN2O4. The molecule has 0 aliphatic carbocycles. The van der Waals surface area contributed by atoms with E-state index in [-0.39, 0.29) is 17.1 Å². The van der Waals surface area contributed by atoms with Gasteiger partial charge in [-0.25, -0.2) is 0 Å². The van der Waals surface area contributed by atoms with E-state index in [0.29, 0.717) is 22.3 Å². The zero-order valence-electron chi connectivity index (χ0n) is 13.1. The lowest BCUT2D eigenvalue weighted by Crippen LogP contribution is -2.15. The second-order valence-electron chi connectivity index (χ2n) is 5.33. The summed E-state index contributed by atoms with van der Waals surface area (Å²) in [5.74, 6) is -0.798. The highest BCUT2D eigenvalue weighted by molar-refractivity contribution is 9.10. The van der Waals surface area contributed by atoms with Crippen molar-refractivity contribution in [1.82, 2.24) is 0 Å². The van der Waals surface area contributed by atoms with E-state index >= 15 is 0 Å². The number of carbonyl (C=O) groups excluding carboxylic acids is 2. The maximum atomic E-state index is 12.3. The summed E-state index contributed by atoms with van der Waals surface area (Å²) in [6.07, 6.45) is 0. The lowest BCUT2D eigenvalue weighted by molar-refractivity contribution is -0.114. The van der Waals surface area contributed by atoms with Crippen LogP contribution < -0.4 is 16.1 Å². The normalized spacial score (nSPS) is 10.5. The van der Waals surface area contributed by atoms with E-state index in [1.165, 1.54) is 6.92 Å². The Morgan fingerprint density at radius 3 is 2.24 bits per heavy atom. The number of fused-ring (bicyclic) bond motifs is 1. The molecule has 2 amide bonds. The first-order valence-electron chi connectivity index (χ1n) is 7.35. The second kappa shape index (κ2) is 6.90. The van der Waals surface area contributed by atoms with Gasteiger partial charge >= 0.3 is 0 Å². The van der Waals surface area contributed by atoms with Gasteiger partial charge in [0.15, 0.2) is 11.2 Å². The monoisotopic (exact) mass is 400 g/mol. The highest BCUT2D eigenvalue weighted by atomic mass is 79.9. The molecule has 0 aliphatic rings. The molecule has 0 atom stereocenters. The number of halogens is 1. The van der Waals surface area contributed by atoms with Crippen LogP contribution in [0.15, 0.2) is 62.2 Å². The molecule has 0 aliphatic heterocycles. The molecule has 0 spiro atoms. The topological polar surface area (TPSA) is 88.4 Å². The molecule has 2 aromatic carbocycles. The number of rotatable bonds is 3. The molecule has 0 fully saturated rings. The number of amides is 2. The molecule has 7 heteroatoms. The summed E-state index contributed by atoms with van der Waals surface area (Å²) in [4.78, 5) is 35.4. The van der Waals surface area contributed by atoms with Gasteiger partial charge in [-0.1, -0.05) is 15.9 Å². The summed E-state index contributed by atoms with van der Waals surface area (Å²) < 4.78 is 6.28. The smallest absolute Gasteiger partial charge is 0.291 e. The lowest BCUT2D eigenvalue weighted by atomic mass is 10.2. The fraction of sp³-hybridized carbons (Fsp3) is 0.0556. The van der Waals surface area contributed by atoms with Crippen molar-refractivity contribution in [3.63, 3.8) is 0 Å². The molecule has 25 heavy (non-hydrogen) atoms. The molecule has 1 heterocycles. The van der Waals surface area contributed by atoms with Crippen molar-refractivity contribution in [3.8, 4) is 0 Å². The molecule has 126 valence electrons. The van der Waals surface area contributed by atoms with Crippen LogP contribution in [0.3, 0.4) is 0 Å². The molecule has 0 radical (unpaired) electrons. The van der Waals surface area contributed by atoms with Gasteiger partial charge in [0.1, 0.15) is 5.58 Å². The molecular weight excluding hydrogens is 388 g/mol. The van der Waals surface area contributed by atoms with Crippen LogP contribution in [0.4, 0.5) is 11.4 Å². The fourth-order valence-corrected chi connectivity index (χ4v) is 2.61. The Balaban J connectivity index is 1.84. The van der Waals surface area contributed by atoms with Crippen LogP contribution in [0.25, 0.3) is 11.0 Å². The van der Waals surface area contributed by atoms with Crippen molar-refractivity contribution in [2.75, 3.05) is 10.6 Å². The minimum Gasteiger partial charge on any atom is -0.451 e. The third kappa shape index (κ3) is 3.95. The van der Waals surface area contributed by atoms with Gasteiger partial charge in [-0.15, -0.1) is 0 Å². The van der Waals surface area contributed by atoms with E-state index in [2.05, 4.69) is 26.6 Å². The molecule has 3 rings (SSSR count). The Morgan fingerprint density at radius 2 is 1.60 bits per heavy atom. The lowest BCUT2D eigenvalue weighted by Gasteiger charge is -2.07. The summed E-state index contributed by atoms with van der Waals surface area (Å²) in [5.41, 5.74) is 1.16. The van der Waals surface area contributed by atoms with Crippen molar-refractivity contribution in [1.29, 1.82) is 0 Å². The molecule has 0 bridgehead atoms. The average molecular weight is 401 g/mol. The van der Waals surface area contributed by atoms with E-state index in [0.717, 1.165) is 10.5 Å². The van der Waals surface area contributed by atoms with E-state index in [1.54, 1.807) is 42.5 Å². The number of benzene rings is 2. The largest absolute Gasteiger partial charge is 0.451 e. The molecule has 6 nitrogen and oxygen atoms in total. The number of anilines is 2. The predicted molar refractivity (Wildman–Crippen MR) is 98.9 cm³/mol. The van der Waals surface area contributed by atoms with Crippen LogP contribution in [0, 0.1) is 0 Å². The van der Waals surface area contributed by atoms with Gasteiger partial charge in [-0.05, 0) is 42.5 Å². The number of carbonyl (C=O) groups is 2. The van der Waals surface area contributed by atoms with Gasteiger partial charge in [0, 0.05) is 28.8 Å². The zero-order chi connectivity index (χ0) is 18.0. The molecule has 2 N–H and O–H groups in total. The van der Waals surface area contributed by atoms with Gasteiger partial charge in [0.25, 0.3) is 5.91 Å². The van der Waals surface area contributed by atoms with Crippen LogP contribution in [-0.2, 0) is 4.79 Å². The standard InChI is InChI=1S/C18H13BrN2O4/c1-10(22)20-12-3-5-13(6-4-12)21-18(24)17-9-15(23)14-7-2-11(19)8-16(14)25-17/h2-9H,1H3,(H,20,22)(H,21,24). The Kier molecular flexibility index (Phi) is 4.67. The molecule has 0 saturated carbocycles. The summed E-state index contributed by atoms with van der Waals surface area (Å²) in [6.45, 7) is 1.41. The Hall–Kier alpha value is -2.93. The highest BCUT2D eigenvalue weighted by Gasteiger charge is 2.13. The van der Waals surface area contributed by atoms with Crippen molar-refractivity contribution in [3.05, 3.63) is 69.0 Å². The Labute approximate surface area is 151 Å². The third-order valence-electron chi connectivity index (χ3n) is 3.38. The molecule has 0 saturated heterocycles. The fourth-order valence-electron chi connectivity index (χ4n) is 2.27. The first kappa shape index (κ1) is 16.9. The molecule has 1 aromatic heterocycles.